The van der Waals surface area contributed by atoms with Crippen molar-refractivity contribution in [2.24, 2.45) is 5.18 Å². The van der Waals surface area contributed by atoms with E-state index in [1.54, 1.807) is 18.3 Å². The van der Waals surface area contributed by atoms with Crippen molar-refractivity contribution in [1.82, 2.24) is 9.88 Å². The number of rotatable bonds is 8. The van der Waals surface area contributed by atoms with Crippen LogP contribution in [0.5, 0.6) is 5.88 Å². The van der Waals surface area contributed by atoms with Gasteiger partial charge in [-0.2, -0.15) is 0 Å². The molecule has 0 aliphatic carbocycles. The molecular formula is C12H19N3O2. The van der Waals surface area contributed by atoms with E-state index in [0.717, 1.165) is 26.1 Å². The summed E-state index contributed by atoms with van der Waals surface area (Å²) in [7, 11) is 0. The van der Waals surface area contributed by atoms with Crippen molar-refractivity contribution in [2.75, 3.05) is 26.2 Å². The van der Waals surface area contributed by atoms with E-state index in [2.05, 4.69) is 28.9 Å². The SMILES string of the molecule is CCN(CC)CCCOc1ncccc1N=O. The number of hydrogen-bond donors (Lipinski definition) is 0. The maximum Gasteiger partial charge on any atom is 0.243 e. The highest BCUT2D eigenvalue weighted by molar-refractivity contribution is 5.45. The van der Waals surface area contributed by atoms with E-state index in [1.165, 1.54) is 0 Å². The van der Waals surface area contributed by atoms with Gasteiger partial charge in [-0.05, 0) is 36.8 Å². The first kappa shape index (κ1) is 13.6. The van der Waals surface area contributed by atoms with E-state index >= 15 is 0 Å². The molecule has 0 radical (unpaired) electrons. The Morgan fingerprint density at radius 3 is 2.82 bits per heavy atom. The molecule has 17 heavy (non-hydrogen) atoms. The van der Waals surface area contributed by atoms with Gasteiger partial charge in [-0.3, -0.25) is 0 Å². The summed E-state index contributed by atoms with van der Waals surface area (Å²) in [5, 5.41) is 2.87. The van der Waals surface area contributed by atoms with Crippen LogP contribution in [-0.2, 0) is 0 Å². The highest BCUT2D eigenvalue weighted by Crippen LogP contribution is 2.23. The molecule has 5 nitrogen and oxygen atoms in total. The van der Waals surface area contributed by atoms with Crippen LogP contribution in [0.3, 0.4) is 0 Å². The van der Waals surface area contributed by atoms with Crippen LogP contribution in [0.25, 0.3) is 0 Å². The van der Waals surface area contributed by atoms with Crippen LogP contribution in [0.1, 0.15) is 20.3 Å². The third kappa shape index (κ3) is 4.48. The van der Waals surface area contributed by atoms with E-state index in [1.807, 2.05) is 0 Å². The molecule has 1 heterocycles. The molecule has 1 aromatic heterocycles. The van der Waals surface area contributed by atoms with Gasteiger partial charge in [0.15, 0.2) is 5.69 Å². The lowest BCUT2D eigenvalue weighted by molar-refractivity contribution is 0.245. The van der Waals surface area contributed by atoms with E-state index < -0.39 is 0 Å². The van der Waals surface area contributed by atoms with Crippen LogP contribution >= 0.6 is 0 Å². The Kier molecular flexibility index (Phi) is 6.17. The molecule has 94 valence electrons. The molecule has 0 aliphatic rings. The minimum absolute atomic E-state index is 0.260. The zero-order chi connectivity index (χ0) is 12.5. The smallest absolute Gasteiger partial charge is 0.243 e. The summed E-state index contributed by atoms with van der Waals surface area (Å²) < 4.78 is 5.44. The largest absolute Gasteiger partial charge is 0.476 e. The minimum Gasteiger partial charge on any atom is -0.476 e. The second kappa shape index (κ2) is 7.73. The molecule has 0 unspecified atom stereocenters. The van der Waals surface area contributed by atoms with Crippen LogP contribution in [0.2, 0.25) is 0 Å². The summed E-state index contributed by atoms with van der Waals surface area (Å²) in [4.78, 5) is 16.8. The number of aromatic nitrogens is 1. The van der Waals surface area contributed by atoms with Crippen LogP contribution in [0, 0.1) is 4.91 Å². The van der Waals surface area contributed by atoms with Gasteiger partial charge in [-0.1, -0.05) is 13.8 Å². The maximum atomic E-state index is 10.5. The van der Waals surface area contributed by atoms with Gasteiger partial charge in [0, 0.05) is 12.7 Å². The lowest BCUT2D eigenvalue weighted by Crippen LogP contribution is -2.25. The Morgan fingerprint density at radius 2 is 2.18 bits per heavy atom. The Hall–Kier alpha value is -1.49. The van der Waals surface area contributed by atoms with Crippen LogP contribution in [0.4, 0.5) is 5.69 Å². The summed E-state index contributed by atoms with van der Waals surface area (Å²) in [5.74, 6) is 0.321. The van der Waals surface area contributed by atoms with Crippen molar-refractivity contribution in [3.05, 3.63) is 23.2 Å². The minimum atomic E-state index is 0.260. The van der Waals surface area contributed by atoms with Gasteiger partial charge in [0.1, 0.15) is 0 Å². The number of ether oxygens (including phenoxy) is 1. The molecule has 0 atom stereocenters. The van der Waals surface area contributed by atoms with E-state index in [0.29, 0.717) is 12.5 Å². The van der Waals surface area contributed by atoms with Crippen LogP contribution in [-0.4, -0.2) is 36.1 Å². The molecule has 0 amide bonds. The van der Waals surface area contributed by atoms with Gasteiger partial charge in [-0.15, -0.1) is 4.91 Å². The number of pyridine rings is 1. The summed E-state index contributed by atoms with van der Waals surface area (Å²) in [6.45, 7) is 7.90. The standard InChI is InChI=1S/C12H19N3O2/c1-3-15(4-2)9-6-10-17-12-11(14-16)7-5-8-13-12/h5,7-8H,3-4,6,9-10H2,1-2H3. The molecule has 5 heteroatoms. The van der Waals surface area contributed by atoms with Gasteiger partial charge < -0.3 is 9.64 Å². The zero-order valence-electron chi connectivity index (χ0n) is 10.4. The van der Waals surface area contributed by atoms with Crippen molar-refractivity contribution in [1.29, 1.82) is 0 Å². The molecular weight excluding hydrogens is 218 g/mol. The van der Waals surface area contributed by atoms with Gasteiger partial charge in [0.05, 0.1) is 6.61 Å². The Balaban J connectivity index is 2.33. The van der Waals surface area contributed by atoms with Gasteiger partial charge in [0.25, 0.3) is 0 Å². The molecule has 0 bridgehead atoms. The van der Waals surface area contributed by atoms with Gasteiger partial charge in [0.2, 0.25) is 5.88 Å². The zero-order valence-corrected chi connectivity index (χ0v) is 10.4. The Bertz CT molecular complexity index is 340. The number of hydrogen-bond acceptors (Lipinski definition) is 5. The predicted octanol–water partition coefficient (Wildman–Crippen LogP) is 2.59. The fourth-order valence-electron chi connectivity index (χ4n) is 1.56. The average Bonchev–Trinajstić information content (AvgIpc) is 2.39. The first-order chi connectivity index (χ1) is 8.31. The number of nitroso groups, excluding NO2 is 1. The second-order valence-corrected chi connectivity index (χ2v) is 3.65. The molecule has 0 N–H and O–H groups in total. The number of nitrogens with zero attached hydrogens (tertiary/aromatic N) is 3. The third-order valence-corrected chi connectivity index (χ3v) is 2.60. The highest BCUT2D eigenvalue weighted by atomic mass is 16.5. The lowest BCUT2D eigenvalue weighted by atomic mass is 10.4. The molecule has 1 rings (SSSR count). The quantitative estimate of drug-likeness (QED) is 0.515. The normalized spacial score (nSPS) is 10.5. The lowest BCUT2D eigenvalue weighted by Gasteiger charge is -2.17. The molecule has 1 aromatic rings. The van der Waals surface area contributed by atoms with Crippen molar-refractivity contribution in [3.8, 4) is 5.88 Å². The van der Waals surface area contributed by atoms with Crippen LogP contribution < -0.4 is 4.74 Å². The van der Waals surface area contributed by atoms with Crippen molar-refractivity contribution >= 4 is 5.69 Å². The first-order valence-electron chi connectivity index (χ1n) is 5.95. The van der Waals surface area contributed by atoms with E-state index in [4.69, 9.17) is 4.74 Å². The van der Waals surface area contributed by atoms with Gasteiger partial charge >= 0.3 is 0 Å². The van der Waals surface area contributed by atoms with Crippen LogP contribution in [0.15, 0.2) is 23.5 Å². The van der Waals surface area contributed by atoms with E-state index in [9.17, 15) is 4.91 Å². The molecule has 0 spiro atoms. The maximum absolute atomic E-state index is 10.5. The first-order valence-corrected chi connectivity index (χ1v) is 5.95. The van der Waals surface area contributed by atoms with Crippen molar-refractivity contribution in [3.63, 3.8) is 0 Å². The summed E-state index contributed by atoms with van der Waals surface area (Å²) >= 11 is 0. The molecule has 0 saturated heterocycles. The highest BCUT2D eigenvalue weighted by Gasteiger charge is 2.04. The molecule has 0 aliphatic heterocycles. The Labute approximate surface area is 102 Å². The van der Waals surface area contributed by atoms with E-state index in [-0.39, 0.29) is 5.69 Å². The monoisotopic (exact) mass is 237 g/mol. The summed E-state index contributed by atoms with van der Waals surface area (Å²) in [6, 6.07) is 3.26. The summed E-state index contributed by atoms with van der Waals surface area (Å²) in [5.41, 5.74) is 0.260. The third-order valence-electron chi connectivity index (χ3n) is 2.60. The topological polar surface area (TPSA) is 54.8 Å². The van der Waals surface area contributed by atoms with Gasteiger partial charge in [-0.25, -0.2) is 4.98 Å². The average molecular weight is 237 g/mol. The second-order valence-electron chi connectivity index (χ2n) is 3.65. The molecule has 0 fully saturated rings. The summed E-state index contributed by atoms with van der Waals surface area (Å²) in [6.07, 6.45) is 2.50. The molecule has 0 saturated carbocycles. The molecule has 0 aromatic carbocycles. The fraction of sp³-hybridized carbons (Fsp3) is 0.583. The Morgan fingerprint density at radius 1 is 1.41 bits per heavy atom. The fourth-order valence-corrected chi connectivity index (χ4v) is 1.56. The predicted molar refractivity (Wildman–Crippen MR) is 67.6 cm³/mol. The van der Waals surface area contributed by atoms with Crippen molar-refractivity contribution in [2.45, 2.75) is 20.3 Å². The van der Waals surface area contributed by atoms with Crippen molar-refractivity contribution < 1.29 is 4.74 Å².